The standard InChI is InChI=1S/C20H17ClN2O4/c1-23-12-17(19(26)22-11-13-5-7-14(21)8-6-13)18(25)16-10-15(27-20(16)23)4-2-3-9-24/h5-8,10,12,24H,3,9,11H2,1H3,(H,22,26). The average Bonchev–Trinajstić information content (AvgIpc) is 3.09. The Kier molecular flexibility index (Phi) is 5.65. The lowest BCUT2D eigenvalue weighted by Gasteiger charge is -2.07. The Morgan fingerprint density at radius 1 is 1.33 bits per heavy atom. The molecule has 0 aliphatic rings. The smallest absolute Gasteiger partial charge is 0.257 e. The van der Waals surface area contributed by atoms with Gasteiger partial charge in [0.15, 0.2) is 5.76 Å². The fourth-order valence-corrected chi connectivity index (χ4v) is 2.70. The zero-order valence-electron chi connectivity index (χ0n) is 14.6. The number of halogens is 1. The molecule has 138 valence electrons. The first-order valence-corrected chi connectivity index (χ1v) is 8.63. The van der Waals surface area contributed by atoms with Crippen LogP contribution in [-0.2, 0) is 13.6 Å². The summed E-state index contributed by atoms with van der Waals surface area (Å²) in [6.07, 6.45) is 1.75. The number of nitrogens with one attached hydrogen (secondary N) is 1. The molecule has 3 aromatic rings. The zero-order valence-corrected chi connectivity index (χ0v) is 15.3. The summed E-state index contributed by atoms with van der Waals surface area (Å²) in [4.78, 5) is 25.2. The van der Waals surface area contributed by atoms with Crippen LogP contribution in [0, 0.1) is 11.8 Å². The number of aliphatic hydroxyl groups excluding tert-OH is 1. The minimum absolute atomic E-state index is 0.0228. The van der Waals surface area contributed by atoms with Crippen LogP contribution in [0.1, 0.15) is 28.1 Å². The predicted octanol–water partition coefficient (Wildman–Crippen LogP) is 2.45. The lowest BCUT2D eigenvalue weighted by Crippen LogP contribution is -2.29. The van der Waals surface area contributed by atoms with E-state index in [4.69, 9.17) is 21.1 Å². The molecule has 1 amide bonds. The van der Waals surface area contributed by atoms with E-state index in [1.807, 2.05) is 0 Å². The highest BCUT2D eigenvalue weighted by Crippen LogP contribution is 2.16. The van der Waals surface area contributed by atoms with E-state index in [-0.39, 0.29) is 24.1 Å². The van der Waals surface area contributed by atoms with Crippen LogP contribution < -0.4 is 10.7 Å². The number of fused-ring (bicyclic) bond motifs is 1. The van der Waals surface area contributed by atoms with Crippen molar-refractivity contribution in [3.8, 4) is 11.8 Å². The maximum absolute atomic E-state index is 12.7. The number of hydrogen-bond donors (Lipinski definition) is 2. The molecule has 1 aromatic carbocycles. The van der Waals surface area contributed by atoms with Crippen LogP contribution in [0.15, 0.2) is 45.7 Å². The number of carbonyl (C=O) groups excluding carboxylic acids is 1. The van der Waals surface area contributed by atoms with Gasteiger partial charge in [0, 0.05) is 37.3 Å². The van der Waals surface area contributed by atoms with E-state index in [9.17, 15) is 9.59 Å². The van der Waals surface area contributed by atoms with Crippen LogP contribution in [0.3, 0.4) is 0 Å². The molecule has 2 aromatic heterocycles. The molecule has 27 heavy (non-hydrogen) atoms. The van der Waals surface area contributed by atoms with Crippen LogP contribution in [0.4, 0.5) is 0 Å². The molecule has 2 N–H and O–H groups in total. The number of aryl methyl sites for hydroxylation is 1. The summed E-state index contributed by atoms with van der Waals surface area (Å²) < 4.78 is 7.14. The van der Waals surface area contributed by atoms with Crippen molar-refractivity contribution in [2.45, 2.75) is 13.0 Å². The number of rotatable bonds is 4. The van der Waals surface area contributed by atoms with E-state index in [1.54, 1.807) is 35.9 Å². The number of hydrogen-bond acceptors (Lipinski definition) is 4. The summed E-state index contributed by atoms with van der Waals surface area (Å²) >= 11 is 5.84. The van der Waals surface area contributed by atoms with Gasteiger partial charge in [0.2, 0.25) is 11.1 Å². The fourth-order valence-electron chi connectivity index (χ4n) is 2.57. The van der Waals surface area contributed by atoms with Crippen molar-refractivity contribution in [2.24, 2.45) is 7.05 Å². The molecule has 0 saturated carbocycles. The predicted molar refractivity (Wildman–Crippen MR) is 103 cm³/mol. The number of furan rings is 1. The second kappa shape index (κ2) is 8.12. The number of pyridine rings is 1. The van der Waals surface area contributed by atoms with Gasteiger partial charge in [-0.3, -0.25) is 9.59 Å². The van der Waals surface area contributed by atoms with Crippen molar-refractivity contribution >= 4 is 28.6 Å². The quantitative estimate of drug-likeness (QED) is 0.677. The van der Waals surface area contributed by atoms with Crippen molar-refractivity contribution in [3.05, 3.63) is 68.7 Å². The topological polar surface area (TPSA) is 84.5 Å². The van der Waals surface area contributed by atoms with Crippen LogP contribution in [0.25, 0.3) is 11.1 Å². The van der Waals surface area contributed by atoms with Crippen LogP contribution in [0.2, 0.25) is 5.02 Å². The molecule has 0 bridgehead atoms. The molecule has 2 heterocycles. The van der Waals surface area contributed by atoms with Gasteiger partial charge < -0.3 is 19.4 Å². The second-order valence-corrected chi connectivity index (χ2v) is 6.33. The van der Waals surface area contributed by atoms with Gasteiger partial charge in [0.1, 0.15) is 5.56 Å². The van der Waals surface area contributed by atoms with Gasteiger partial charge in [-0.15, -0.1) is 0 Å². The van der Waals surface area contributed by atoms with E-state index >= 15 is 0 Å². The molecule has 0 spiro atoms. The number of carbonyl (C=O) groups is 1. The van der Waals surface area contributed by atoms with Crippen molar-refractivity contribution < 1.29 is 14.3 Å². The van der Waals surface area contributed by atoms with Crippen LogP contribution in [0.5, 0.6) is 0 Å². The summed E-state index contributed by atoms with van der Waals surface area (Å²) in [5.74, 6) is 5.33. The molecule has 0 radical (unpaired) electrons. The third-order valence-electron chi connectivity index (χ3n) is 3.90. The van der Waals surface area contributed by atoms with Crippen LogP contribution in [-0.4, -0.2) is 22.2 Å². The molecule has 7 heteroatoms. The summed E-state index contributed by atoms with van der Waals surface area (Å²) in [7, 11) is 1.69. The first-order chi connectivity index (χ1) is 13.0. The molecule has 3 rings (SSSR count). The summed E-state index contributed by atoms with van der Waals surface area (Å²) in [5, 5.41) is 12.4. The van der Waals surface area contributed by atoms with E-state index < -0.39 is 11.3 Å². The van der Waals surface area contributed by atoms with Gasteiger partial charge in [0.25, 0.3) is 5.91 Å². The minimum Gasteiger partial charge on any atom is -0.431 e. The van der Waals surface area contributed by atoms with E-state index in [1.165, 1.54) is 12.3 Å². The maximum Gasteiger partial charge on any atom is 0.257 e. The van der Waals surface area contributed by atoms with Crippen molar-refractivity contribution in [1.82, 2.24) is 9.88 Å². The Hall–Kier alpha value is -3.01. The van der Waals surface area contributed by atoms with E-state index in [0.29, 0.717) is 22.9 Å². The Bertz CT molecular complexity index is 1100. The first kappa shape index (κ1) is 18.8. The SMILES string of the molecule is Cn1cc(C(=O)NCc2ccc(Cl)cc2)c(=O)c2cc(C#CCCO)oc21. The number of nitrogens with zero attached hydrogens (tertiary/aromatic N) is 1. The lowest BCUT2D eigenvalue weighted by molar-refractivity contribution is 0.0949. The lowest BCUT2D eigenvalue weighted by atomic mass is 10.2. The van der Waals surface area contributed by atoms with Gasteiger partial charge in [-0.05, 0) is 23.6 Å². The van der Waals surface area contributed by atoms with Crippen LogP contribution >= 0.6 is 11.6 Å². The molecule has 0 unspecified atom stereocenters. The van der Waals surface area contributed by atoms with Gasteiger partial charge in [-0.1, -0.05) is 29.7 Å². The normalized spacial score (nSPS) is 10.5. The summed E-state index contributed by atoms with van der Waals surface area (Å²) in [5.41, 5.74) is 0.809. The third kappa shape index (κ3) is 4.22. The highest BCUT2D eigenvalue weighted by molar-refractivity contribution is 6.30. The van der Waals surface area contributed by atoms with E-state index in [2.05, 4.69) is 17.2 Å². The molecule has 0 aliphatic carbocycles. The minimum atomic E-state index is -0.471. The zero-order chi connectivity index (χ0) is 19.4. The second-order valence-electron chi connectivity index (χ2n) is 5.90. The number of benzene rings is 1. The number of aliphatic hydroxyl groups is 1. The van der Waals surface area contributed by atoms with E-state index in [0.717, 1.165) is 5.56 Å². The van der Waals surface area contributed by atoms with Gasteiger partial charge >= 0.3 is 0 Å². The summed E-state index contributed by atoms with van der Waals surface area (Å²) in [6, 6.07) is 8.59. The number of amides is 1. The molecule has 6 nitrogen and oxygen atoms in total. The maximum atomic E-state index is 12.7. The largest absolute Gasteiger partial charge is 0.431 e. The van der Waals surface area contributed by atoms with Crippen molar-refractivity contribution in [3.63, 3.8) is 0 Å². The Morgan fingerprint density at radius 2 is 2.07 bits per heavy atom. The molecule has 0 aliphatic heterocycles. The molecular weight excluding hydrogens is 368 g/mol. The Labute approximate surface area is 160 Å². The molecule has 0 saturated heterocycles. The highest BCUT2D eigenvalue weighted by atomic mass is 35.5. The third-order valence-corrected chi connectivity index (χ3v) is 4.16. The number of aromatic nitrogens is 1. The molecule has 0 atom stereocenters. The Morgan fingerprint density at radius 3 is 2.78 bits per heavy atom. The Balaban J connectivity index is 1.86. The molecular formula is C20H17ClN2O4. The average molecular weight is 385 g/mol. The van der Waals surface area contributed by atoms with Gasteiger partial charge in [0.05, 0.1) is 12.0 Å². The first-order valence-electron chi connectivity index (χ1n) is 8.25. The monoisotopic (exact) mass is 384 g/mol. The van der Waals surface area contributed by atoms with Gasteiger partial charge in [-0.2, -0.15) is 0 Å². The fraction of sp³-hybridized carbons (Fsp3) is 0.200. The molecule has 0 fully saturated rings. The van der Waals surface area contributed by atoms with Crippen molar-refractivity contribution in [1.29, 1.82) is 0 Å². The van der Waals surface area contributed by atoms with Gasteiger partial charge in [-0.25, -0.2) is 0 Å². The summed E-state index contributed by atoms with van der Waals surface area (Å²) in [6.45, 7) is 0.228. The van der Waals surface area contributed by atoms with Crippen molar-refractivity contribution in [2.75, 3.05) is 6.61 Å². The highest BCUT2D eigenvalue weighted by Gasteiger charge is 2.17.